The van der Waals surface area contributed by atoms with E-state index in [0.29, 0.717) is 6.54 Å². The Balaban J connectivity index is 2.77. The molecule has 94 valence electrons. The Labute approximate surface area is 103 Å². The first kappa shape index (κ1) is 13.7. The normalized spacial score (nSPS) is 13.2. The number of aryl methyl sites for hydroxylation is 1. The van der Waals surface area contributed by atoms with Crippen molar-refractivity contribution in [3.63, 3.8) is 0 Å². The molecule has 3 heteroatoms. The molecule has 0 aliphatic rings. The Morgan fingerprint density at radius 1 is 1.41 bits per heavy atom. The molecular weight excluding hydrogens is 212 g/mol. The summed E-state index contributed by atoms with van der Waals surface area (Å²) in [5.74, 6) is -0.00393. The zero-order chi connectivity index (χ0) is 13.1. The van der Waals surface area contributed by atoms with Crippen LogP contribution in [0.1, 0.15) is 37.9 Å². The fourth-order valence-electron chi connectivity index (χ4n) is 1.64. The minimum atomic E-state index is -0.517. The molecule has 0 aliphatic heterocycles. The Morgan fingerprint density at radius 3 is 2.53 bits per heavy atom. The molecule has 1 atom stereocenters. The van der Waals surface area contributed by atoms with Crippen molar-refractivity contribution in [2.24, 2.45) is 11.1 Å². The van der Waals surface area contributed by atoms with Crippen molar-refractivity contribution < 1.29 is 4.79 Å². The first-order valence-corrected chi connectivity index (χ1v) is 5.95. The fourth-order valence-corrected chi connectivity index (χ4v) is 1.64. The Hall–Kier alpha value is -1.35. The highest BCUT2D eigenvalue weighted by Gasteiger charge is 2.27. The molecule has 1 aromatic carbocycles. The lowest BCUT2D eigenvalue weighted by Crippen LogP contribution is -2.42. The van der Waals surface area contributed by atoms with Gasteiger partial charge in [0.2, 0.25) is 5.91 Å². The predicted molar refractivity (Wildman–Crippen MR) is 70.6 cm³/mol. The molecule has 0 aliphatic carbocycles. The second kappa shape index (κ2) is 5.32. The van der Waals surface area contributed by atoms with Crippen LogP contribution in [-0.4, -0.2) is 12.5 Å². The van der Waals surface area contributed by atoms with Crippen LogP contribution in [0.3, 0.4) is 0 Å². The standard InChI is InChI=1S/C14H22N2O/c1-10-7-5-6-8-12(10)11(2)16-13(17)14(3,4)9-15/h5-8,11H,9,15H2,1-4H3,(H,16,17)/t11-/m1/s1. The molecule has 0 aromatic heterocycles. The van der Waals surface area contributed by atoms with Crippen LogP contribution in [0.4, 0.5) is 0 Å². The third-order valence-corrected chi connectivity index (χ3v) is 3.13. The molecule has 0 saturated carbocycles. The van der Waals surface area contributed by atoms with Gasteiger partial charge < -0.3 is 11.1 Å². The molecule has 0 bridgehead atoms. The van der Waals surface area contributed by atoms with Crippen molar-refractivity contribution in [2.45, 2.75) is 33.7 Å². The molecule has 1 amide bonds. The van der Waals surface area contributed by atoms with Gasteiger partial charge >= 0.3 is 0 Å². The van der Waals surface area contributed by atoms with Crippen LogP contribution in [-0.2, 0) is 4.79 Å². The van der Waals surface area contributed by atoms with Gasteiger partial charge in [-0.2, -0.15) is 0 Å². The SMILES string of the molecule is Cc1ccccc1[C@@H](C)NC(=O)C(C)(C)CN. The molecule has 1 aromatic rings. The molecule has 0 saturated heterocycles. The van der Waals surface area contributed by atoms with Crippen molar-refractivity contribution >= 4 is 5.91 Å². The van der Waals surface area contributed by atoms with Crippen molar-refractivity contribution in [1.29, 1.82) is 0 Å². The van der Waals surface area contributed by atoms with Crippen LogP contribution in [0.5, 0.6) is 0 Å². The van der Waals surface area contributed by atoms with Crippen molar-refractivity contribution in [1.82, 2.24) is 5.32 Å². The van der Waals surface area contributed by atoms with Gasteiger partial charge in [-0.05, 0) is 38.8 Å². The van der Waals surface area contributed by atoms with Gasteiger partial charge in [0.1, 0.15) is 0 Å². The minimum absolute atomic E-state index is 0.00393. The molecule has 1 rings (SSSR count). The fraction of sp³-hybridized carbons (Fsp3) is 0.500. The lowest BCUT2D eigenvalue weighted by Gasteiger charge is -2.25. The number of hydrogen-bond donors (Lipinski definition) is 2. The van der Waals surface area contributed by atoms with Gasteiger partial charge in [-0.15, -0.1) is 0 Å². The molecule has 0 fully saturated rings. The van der Waals surface area contributed by atoms with Crippen LogP contribution in [0.2, 0.25) is 0 Å². The summed E-state index contributed by atoms with van der Waals surface area (Å²) in [7, 11) is 0. The lowest BCUT2D eigenvalue weighted by molar-refractivity contribution is -0.129. The van der Waals surface area contributed by atoms with E-state index < -0.39 is 5.41 Å². The summed E-state index contributed by atoms with van der Waals surface area (Å²) < 4.78 is 0. The Bertz CT molecular complexity index is 399. The second-order valence-electron chi connectivity index (χ2n) is 5.14. The Morgan fingerprint density at radius 2 is 2.00 bits per heavy atom. The van der Waals surface area contributed by atoms with Crippen LogP contribution in [0.15, 0.2) is 24.3 Å². The third kappa shape index (κ3) is 3.30. The minimum Gasteiger partial charge on any atom is -0.349 e. The van der Waals surface area contributed by atoms with E-state index in [-0.39, 0.29) is 11.9 Å². The van der Waals surface area contributed by atoms with Crippen molar-refractivity contribution in [3.05, 3.63) is 35.4 Å². The average Bonchev–Trinajstić information content (AvgIpc) is 2.29. The van der Waals surface area contributed by atoms with Crippen molar-refractivity contribution in [2.75, 3.05) is 6.54 Å². The van der Waals surface area contributed by atoms with E-state index in [9.17, 15) is 4.79 Å². The molecule has 0 unspecified atom stereocenters. The summed E-state index contributed by atoms with van der Waals surface area (Å²) >= 11 is 0. The summed E-state index contributed by atoms with van der Waals surface area (Å²) in [6.07, 6.45) is 0. The maximum atomic E-state index is 12.0. The van der Waals surface area contributed by atoms with Gasteiger partial charge in [0.05, 0.1) is 11.5 Å². The van der Waals surface area contributed by atoms with Gasteiger partial charge in [-0.1, -0.05) is 24.3 Å². The second-order valence-corrected chi connectivity index (χ2v) is 5.14. The highest BCUT2D eigenvalue weighted by molar-refractivity contribution is 5.82. The van der Waals surface area contributed by atoms with E-state index in [2.05, 4.69) is 5.32 Å². The molecular formula is C14H22N2O. The smallest absolute Gasteiger partial charge is 0.227 e. The quantitative estimate of drug-likeness (QED) is 0.838. The maximum Gasteiger partial charge on any atom is 0.227 e. The van der Waals surface area contributed by atoms with Crippen LogP contribution in [0.25, 0.3) is 0 Å². The summed E-state index contributed by atoms with van der Waals surface area (Å²) in [6.45, 7) is 8.10. The number of nitrogens with one attached hydrogen (secondary N) is 1. The van der Waals surface area contributed by atoms with E-state index in [1.165, 1.54) is 5.56 Å². The number of nitrogens with two attached hydrogens (primary N) is 1. The zero-order valence-electron chi connectivity index (χ0n) is 11.1. The van der Waals surface area contributed by atoms with E-state index >= 15 is 0 Å². The number of benzene rings is 1. The predicted octanol–water partition coefficient (Wildman–Crippen LogP) is 2.16. The highest BCUT2D eigenvalue weighted by Crippen LogP contribution is 2.19. The number of carbonyl (C=O) groups is 1. The summed E-state index contributed by atoms with van der Waals surface area (Å²) in [6, 6.07) is 8.08. The molecule has 0 spiro atoms. The van der Waals surface area contributed by atoms with E-state index in [1.54, 1.807) is 0 Å². The summed E-state index contributed by atoms with van der Waals surface area (Å²) in [4.78, 5) is 12.0. The zero-order valence-corrected chi connectivity index (χ0v) is 11.1. The lowest BCUT2D eigenvalue weighted by atomic mass is 9.91. The molecule has 17 heavy (non-hydrogen) atoms. The first-order chi connectivity index (χ1) is 7.88. The number of hydrogen-bond acceptors (Lipinski definition) is 2. The van der Waals surface area contributed by atoms with Gasteiger partial charge in [-0.3, -0.25) is 4.79 Å². The van der Waals surface area contributed by atoms with E-state index in [0.717, 1.165) is 5.56 Å². The van der Waals surface area contributed by atoms with Crippen LogP contribution in [0, 0.1) is 12.3 Å². The molecule has 3 nitrogen and oxygen atoms in total. The van der Waals surface area contributed by atoms with Gasteiger partial charge in [0.15, 0.2) is 0 Å². The van der Waals surface area contributed by atoms with E-state index in [4.69, 9.17) is 5.73 Å². The number of carbonyl (C=O) groups excluding carboxylic acids is 1. The number of amides is 1. The largest absolute Gasteiger partial charge is 0.349 e. The highest BCUT2D eigenvalue weighted by atomic mass is 16.2. The van der Waals surface area contributed by atoms with Crippen LogP contribution < -0.4 is 11.1 Å². The van der Waals surface area contributed by atoms with E-state index in [1.807, 2.05) is 52.0 Å². The van der Waals surface area contributed by atoms with Gasteiger partial charge in [-0.25, -0.2) is 0 Å². The maximum absolute atomic E-state index is 12.0. The summed E-state index contributed by atoms with van der Waals surface area (Å²) in [5, 5.41) is 3.01. The first-order valence-electron chi connectivity index (χ1n) is 5.95. The Kier molecular flexibility index (Phi) is 4.29. The molecule has 0 radical (unpaired) electrons. The molecule has 0 heterocycles. The average molecular weight is 234 g/mol. The van der Waals surface area contributed by atoms with Crippen molar-refractivity contribution in [3.8, 4) is 0 Å². The van der Waals surface area contributed by atoms with Gasteiger partial charge in [0.25, 0.3) is 0 Å². The third-order valence-electron chi connectivity index (χ3n) is 3.13. The summed E-state index contributed by atoms with van der Waals surface area (Å²) in [5.41, 5.74) is 7.41. The monoisotopic (exact) mass is 234 g/mol. The van der Waals surface area contributed by atoms with Gasteiger partial charge in [0, 0.05) is 6.54 Å². The molecule has 3 N–H and O–H groups in total. The topological polar surface area (TPSA) is 55.1 Å². The number of rotatable bonds is 4. The van der Waals surface area contributed by atoms with Crippen LogP contribution >= 0.6 is 0 Å².